The van der Waals surface area contributed by atoms with Crippen LogP contribution in [0.3, 0.4) is 0 Å². The van der Waals surface area contributed by atoms with Gasteiger partial charge in [-0.2, -0.15) is 0 Å². The number of hydrogen-bond acceptors (Lipinski definition) is 3. The van der Waals surface area contributed by atoms with E-state index in [0.717, 1.165) is 35.2 Å². The summed E-state index contributed by atoms with van der Waals surface area (Å²) in [5.74, 6) is 0. The molecule has 0 amide bonds. The standard InChI is InChI=1S/C56H59BN2O/c1-34-28-47-50-48(29-34)59(45-30-37(19-18-35(45)2)36-16-14-13-15-17-36)51-41-31-39(54(6,7)8)22-25-49(41)60-52(51)57(50)44-32-42-43(56(11,12)27-26-55(42,9)10)33-46(44)58(47)40-23-20-38(21-24-40)53(3,4)5/h13-25,28-33H,26-27H2,1-12H3. The largest absolute Gasteiger partial charge is 0.468 e. The highest BCUT2D eigenvalue weighted by Crippen LogP contribution is 2.52. The Bertz CT molecular complexity index is 2860. The molecule has 0 spiro atoms. The minimum Gasteiger partial charge on any atom is -0.468 e. The van der Waals surface area contributed by atoms with Crippen LogP contribution >= 0.6 is 0 Å². The maximum atomic E-state index is 7.37. The van der Waals surface area contributed by atoms with Crippen LogP contribution in [0.4, 0.5) is 34.1 Å². The lowest BCUT2D eigenvalue weighted by atomic mass is 9.35. The van der Waals surface area contributed by atoms with Crippen LogP contribution in [0.2, 0.25) is 0 Å². The van der Waals surface area contributed by atoms with Gasteiger partial charge in [0.1, 0.15) is 5.58 Å². The van der Waals surface area contributed by atoms with Gasteiger partial charge in [0.15, 0.2) is 0 Å². The number of hydrogen-bond donors (Lipinski definition) is 0. The van der Waals surface area contributed by atoms with E-state index < -0.39 is 0 Å². The fourth-order valence-electron chi connectivity index (χ4n) is 10.4. The Labute approximate surface area is 358 Å². The Morgan fingerprint density at radius 2 is 1.18 bits per heavy atom. The molecule has 0 saturated heterocycles. The highest BCUT2D eigenvalue weighted by molar-refractivity contribution is 7.00. The van der Waals surface area contributed by atoms with E-state index in [1.54, 1.807) is 0 Å². The maximum Gasteiger partial charge on any atom is 0.297 e. The molecule has 0 saturated carbocycles. The van der Waals surface area contributed by atoms with Crippen molar-refractivity contribution in [3.05, 3.63) is 149 Å². The van der Waals surface area contributed by atoms with Crippen molar-refractivity contribution in [2.45, 2.75) is 118 Å². The van der Waals surface area contributed by atoms with Gasteiger partial charge in [0, 0.05) is 33.8 Å². The molecule has 1 aromatic heterocycles. The predicted molar refractivity (Wildman–Crippen MR) is 258 cm³/mol. The Hall–Kier alpha value is -5.48. The third kappa shape index (κ3) is 5.92. The Kier molecular flexibility index (Phi) is 8.40. The molecule has 302 valence electrons. The first-order chi connectivity index (χ1) is 28.3. The summed E-state index contributed by atoms with van der Waals surface area (Å²) >= 11 is 0. The molecule has 0 atom stereocenters. The normalized spacial score (nSPS) is 16.4. The van der Waals surface area contributed by atoms with Gasteiger partial charge in [-0.15, -0.1) is 0 Å². The first kappa shape index (κ1) is 38.7. The smallest absolute Gasteiger partial charge is 0.297 e. The summed E-state index contributed by atoms with van der Waals surface area (Å²) in [6.07, 6.45) is 2.32. The number of benzene rings is 6. The van der Waals surface area contributed by atoms with Crippen LogP contribution in [-0.2, 0) is 21.7 Å². The van der Waals surface area contributed by atoms with E-state index in [9.17, 15) is 0 Å². The van der Waals surface area contributed by atoms with Gasteiger partial charge in [-0.3, -0.25) is 0 Å². The molecule has 0 unspecified atom stereocenters. The van der Waals surface area contributed by atoms with E-state index in [-0.39, 0.29) is 28.4 Å². The zero-order valence-electron chi connectivity index (χ0n) is 37.8. The van der Waals surface area contributed by atoms with Gasteiger partial charge in [0.05, 0.1) is 11.3 Å². The Morgan fingerprint density at radius 1 is 0.567 bits per heavy atom. The van der Waals surface area contributed by atoms with Gasteiger partial charge in [-0.05, 0) is 152 Å². The molecule has 0 radical (unpaired) electrons. The topological polar surface area (TPSA) is 19.6 Å². The molecule has 3 nitrogen and oxygen atoms in total. The molecule has 10 rings (SSSR count). The van der Waals surface area contributed by atoms with Crippen molar-refractivity contribution < 1.29 is 4.42 Å². The molecule has 3 heterocycles. The fraction of sp³-hybridized carbons (Fsp3) is 0.321. The van der Waals surface area contributed by atoms with Crippen LogP contribution in [0.15, 0.2) is 120 Å². The lowest BCUT2D eigenvalue weighted by Gasteiger charge is -2.46. The van der Waals surface area contributed by atoms with E-state index in [1.807, 2.05) is 0 Å². The highest BCUT2D eigenvalue weighted by Gasteiger charge is 2.49. The van der Waals surface area contributed by atoms with Crippen LogP contribution in [0, 0.1) is 13.8 Å². The number of furan rings is 1. The van der Waals surface area contributed by atoms with Crippen molar-refractivity contribution in [2.75, 3.05) is 9.80 Å². The lowest BCUT2D eigenvalue weighted by Crippen LogP contribution is -2.61. The Balaban J connectivity index is 1.34. The van der Waals surface area contributed by atoms with Crippen LogP contribution in [0.1, 0.15) is 115 Å². The van der Waals surface area contributed by atoms with Gasteiger partial charge in [-0.1, -0.05) is 136 Å². The van der Waals surface area contributed by atoms with Gasteiger partial charge < -0.3 is 14.2 Å². The molecule has 4 heteroatoms. The Morgan fingerprint density at radius 3 is 1.83 bits per heavy atom. The molecular weight excluding hydrogens is 727 g/mol. The molecule has 60 heavy (non-hydrogen) atoms. The highest BCUT2D eigenvalue weighted by atomic mass is 16.3. The summed E-state index contributed by atoms with van der Waals surface area (Å²) in [6.45, 7) is 28.1. The fourth-order valence-corrected chi connectivity index (χ4v) is 10.4. The van der Waals surface area contributed by atoms with Crippen LogP contribution in [0.5, 0.6) is 0 Å². The van der Waals surface area contributed by atoms with Crippen molar-refractivity contribution >= 4 is 68.4 Å². The lowest BCUT2D eigenvalue weighted by molar-refractivity contribution is 0.332. The summed E-state index contributed by atoms with van der Waals surface area (Å²) in [4.78, 5) is 5.15. The molecule has 1 aliphatic carbocycles. The minimum absolute atomic E-state index is 0.0272. The zero-order chi connectivity index (χ0) is 42.3. The number of nitrogens with zero attached hydrogens (tertiary/aromatic N) is 2. The molecule has 7 aromatic rings. The second kappa shape index (κ2) is 13.0. The summed E-state index contributed by atoms with van der Waals surface area (Å²) in [6, 6.07) is 44.1. The maximum absolute atomic E-state index is 7.37. The summed E-state index contributed by atoms with van der Waals surface area (Å²) in [7, 11) is 0. The average Bonchev–Trinajstić information content (AvgIpc) is 3.58. The quantitative estimate of drug-likeness (QED) is 0.166. The molecule has 0 fully saturated rings. The number of rotatable bonds is 3. The van der Waals surface area contributed by atoms with Crippen molar-refractivity contribution in [3.8, 4) is 11.1 Å². The van der Waals surface area contributed by atoms with Gasteiger partial charge in [0.25, 0.3) is 6.71 Å². The molecule has 0 bridgehead atoms. The predicted octanol–water partition coefficient (Wildman–Crippen LogP) is 13.7. The molecule has 3 aliphatic rings. The number of aryl methyl sites for hydroxylation is 2. The molecule has 2 aliphatic heterocycles. The van der Waals surface area contributed by atoms with Crippen molar-refractivity contribution in [3.63, 3.8) is 0 Å². The van der Waals surface area contributed by atoms with Gasteiger partial charge in [0.2, 0.25) is 0 Å². The molecular formula is C56H59BN2O. The van der Waals surface area contributed by atoms with E-state index in [2.05, 4.69) is 208 Å². The van der Waals surface area contributed by atoms with Gasteiger partial charge in [-0.25, -0.2) is 0 Å². The SMILES string of the molecule is Cc1cc2c3c(c1)N(c1cc(-c4ccccc4)ccc1C)c1c(oc4ccc(C(C)(C)C)cc14)B3c1cc3c(cc1N2c1ccc(C(C)(C)C)cc1)C(C)(C)CCC3(C)C. The summed E-state index contributed by atoms with van der Waals surface area (Å²) in [5.41, 5.74) is 22.4. The second-order valence-electron chi connectivity index (χ2n) is 21.5. The summed E-state index contributed by atoms with van der Waals surface area (Å²) < 4.78 is 7.37. The van der Waals surface area contributed by atoms with Crippen LogP contribution in [0.25, 0.3) is 22.1 Å². The van der Waals surface area contributed by atoms with Crippen LogP contribution < -0.4 is 26.4 Å². The first-order valence-electron chi connectivity index (χ1n) is 22.1. The zero-order valence-corrected chi connectivity index (χ0v) is 37.8. The molecule has 0 N–H and O–H groups in total. The number of anilines is 6. The second-order valence-corrected chi connectivity index (χ2v) is 21.5. The van der Waals surface area contributed by atoms with E-state index in [1.165, 1.54) is 83.9 Å². The van der Waals surface area contributed by atoms with Crippen molar-refractivity contribution in [2.24, 2.45) is 0 Å². The third-order valence-electron chi connectivity index (χ3n) is 14.2. The van der Waals surface area contributed by atoms with E-state index in [0.29, 0.717) is 0 Å². The average molecular weight is 787 g/mol. The minimum atomic E-state index is -0.101. The number of fused-ring (bicyclic) bond motifs is 7. The van der Waals surface area contributed by atoms with Gasteiger partial charge >= 0.3 is 0 Å². The summed E-state index contributed by atoms with van der Waals surface area (Å²) in [5, 5.41) is 1.16. The molecule has 6 aromatic carbocycles. The first-order valence-corrected chi connectivity index (χ1v) is 22.1. The monoisotopic (exact) mass is 786 g/mol. The van der Waals surface area contributed by atoms with E-state index >= 15 is 0 Å². The van der Waals surface area contributed by atoms with E-state index in [4.69, 9.17) is 4.42 Å². The van der Waals surface area contributed by atoms with Crippen LogP contribution in [-0.4, -0.2) is 6.71 Å². The third-order valence-corrected chi connectivity index (χ3v) is 14.2. The van der Waals surface area contributed by atoms with Crippen molar-refractivity contribution in [1.82, 2.24) is 0 Å². The van der Waals surface area contributed by atoms with Crippen molar-refractivity contribution in [1.29, 1.82) is 0 Å².